The Hall–Kier alpha value is -1.55. The molecule has 0 fully saturated rings. The van der Waals surface area contributed by atoms with Crippen molar-refractivity contribution in [2.24, 2.45) is 0 Å². The van der Waals surface area contributed by atoms with Crippen LogP contribution >= 0.6 is 7.82 Å². The lowest BCUT2D eigenvalue weighted by molar-refractivity contribution is -0.161. The predicted octanol–water partition coefficient (Wildman–Crippen LogP) is 11.0. The van der Waals surface area contributed by atoms with Gasteiger partial charge >= 0.3 is 19.8 Å². The highest BCUT2D eigenvalue weighted by atomic mass is 31.2. The van der Waals surface area contributed by atoms with Gasteiger partial charge in [-0.2, -0.15) is 0 Å². The lowest BCUT2D eigenvalue weighted by Crippen LogP contribution is -2.29. The maximum absolute atomic E-state index is 12.6. The summed E-state index contributed by atoms with van der Waals surface area (Å²) in [7, 11) is -4.62. The minimum atomic E-state index is -4.62. The molecule has 312 valence electrons. The Morgan fingerprint density at radius 1 is 0.566 bits per heavy atom. The van der Waals surface area contributed by atoms with Crippen molar-refractivity contribution in [2.45, 2.75) is 206 Å². The number of aliphatic hydroxyl groups is 2. The first-order chi connectivity index (χ1) is 25.7. The summed E-state index contributed by atoms with van der Waals surface area (Å²) in [5.41, 5.74) is 0. The summed E-state index contributed by atoms with van der Waals surface area (Å²) in [4.78, 5) is 34.9. The van der Waals surface area contributed by atoms with Gasteiger partial charge in [0.05, 0.1) is 19.8 Å². The van der Waals surface area contributed by atoms with Crippen LogP contribution in [-0.4, -0.2) is 65.7 Å². The highest BCUT2D eigenvalue weighted by Crippen LogP contribution is 2.43. The summed E-state index contributed by atoms with van der Waals surface area (Å²) in [5, 5.41) is 18.3. The minimum absolute atomic E-state index is 0.171. The van der Waals surface area contributed by atoms with Gasteiger partial charge in [-0.1, -0.05) is 167 Å². The molecule has 0 aliphatic carbocycles. The molecular weight excluding hydrogens is 695 g/mol. The van der Waals surface area contributed by atoms with E-state index in [2.05, 4.69) is 42.7 Å². The van der Waals surface area contributed by atoms with Gasteiger partial charge in [0.25, 0.3) is 0 Å². The van der Waals surface area contributed by atoms with Crippen molar-refractivity contribution in [3.8, 4) is 0 Å². The average molecular weight is 775 g/mol. The van der Waals surface area contributed by atoms with E-state index < -0.39 is 51.8 Å². The van der Waals surface area contributed by atoms with Crippen LogP contribution in [0, 0.1) is 0 Å². The number of ether oxygens (including phenoxy) is 2. The number of carbonyl (C=O) groups excluding carboxylic acids is 2. The van der Waals surface area contributed by atoms with Crippen LogP contribution in [0.3, 0.4) is 0 Å². The molecule has 0 aromatic carbocycles. The molecule has 3 N–H and O–H groups in total. The van der Waals surface area contributed by atoms with Crippen LogP contribution in [0.5, 0.6) is 0 Å². The van der Waals surface area contributed by atoms with Crippen LogP contribution in [0.4, 0.5) is 0 Å². The Morgan fingerprint density at radius 3 is 1.51 bits per heavy atom. The summed E-state index contributed by atoms with van der Waals surface area (Å²) in [6.07, 6.45) is 37.1. The van der Waals surface area contributed by atoms with Crippen molar-refractivity contribution in [1.29, 1.82) is 0 Å². The molecule has 10 nitrogen and oxygen atoms in total. The van der Waals surface area contributed by atoms with Crippen LogP contribution in [-0.2, 0) is 32.7 Å². The van der Waals surface area contributed by atoms with E-state index in [9.17, 15) is 24.2 Å². The number of phosphoric ester groups is 1. The van der Waals surface area contributed by atoms with Gasteiger partial charge in [-0.15, -0.1) is 0 Å². The lowest BCUT2D eigenvalue weighted by atomic mass is 10.0. The number of aliphatic hydroxyl groups excluding tert-OH is 2. The standard InChI is InChI=1S/C42H79O10P/c1-3-5-7-9-11-13-15-17-19-20-22-23-25-27-29-31-33-41(45)49-37-40(38-51-53(47,48)50-36-39(44)35-43)52-42(46)34-32-30-28-26-24-21-18-16-14-12-10-8-6-4-2/h10,12,16,18,39-40,43-44H,3-9,11,13-15,17,19-38H2,1-2H3,(H,47,48)/b12-10+,18-16+/t39-,40+/m0/s1. The van der Waals surface area contributed by atoms with Gasteiger partial charge in [-0.25, -0.2) is 4.57 Å². The van der Waals surface area contributed by atoms with Gasteiger partial charge in [0.15, 0.2) is 6.10 Å². The first-order valence-corrected chi connectivity index (χ1v) is 22.8. The van der Waals surface area contributed by atoms with Gasteiger partial charge in [-0.05, 0) is 38.5 Å². The van der Waals surface area contributed by atoms with E-state index in [0.29, 0.717) is 12.8 Å². The fourth-order valence-corrected chi connectivity index (χ4v) is 6.56. The Kier molecular flexibility index (Phi) is 37.6. The highest BCUT2D eigenvalue weighted by Gasteiger charge is 2.27. The zero-order valence-corrected chi connectivity index (χ0v) is 34.6. The monoisotopic (exact) mass is 775 g/mol. The van der Waals surface area contributed by atoms with Crippen molar-refractivity contribution in [3.63, 3.8) is 0 Å². The zero-order chi connectivity index (χ0) is 39.1. The number of phosphoric acid groups is 1. The van der Waals surface area contributed by atoms with Crippen molar-refractivity contribution in [2.75, 3.05) is 26.4 Å². The third-order valence-corrected chi connectivity index (χ3v) is 10.1. The highest BCUT2D eigenvalue weighted by molar-refractivity contribution is 7.47. The number of hydrogen-bond acceptors (Lipinski definition) is 9. The fraction of sp³-hybridized carbons (Fsp3) is 0.857. The SMILES string of the molecule is CCCC/C=C/C/C=C/CCCCCCCC(=O)O[C@H](COC(=O)CCCCCCCCCCCCCCCCCC)COP(=O)(O)OC[C@@H](O)CO. The third kappa shape index (κ3) is 38.5. The topological polar surface area (TPSA) is 149 Å². The molecule has 0 saturated carbocycles. The summed E-state index contributed by atoms with van der Waals surface area (Å²) < 4.78 is 32.7. The molecule has 0 aromatic rings. The van der Waals surface area contributed by atoms with Crippen molar-refractivity contribution < 1.29 is 47.8 Å². The van der Waals surface area contributed by atoms with E-state index in [0.717, 1.165) is 64.2 Å². The Bertz CT molecular complexity index is 941. The number of hydrogen-bond donors (Lipinski definition) is 3. The van der Waals surface area contributed by atoms with Gasteiger partial charge in [0, 0.05) is 12.8 Å². The van der Waals surface area contributed by atoms with Crippen molar-refractivity contribution >= 4 is 19.8 Å². The summed E-state index contributed by atoms with van der Waals surface area (Å²) in [6.45, 7) is 2.34. The molecule has 0 spiro atoms. The largest absolute Gasteiger partial charge is 0.472 e. The molecule has 0 radical (unpaired) electrons. The summed E-state index contributed by atoms with van der Waals surface area (Å²) in [5.74, 6) is -0.934. The number of esters is 2. The molecule has 0 aliphatic rings. The van der Waals surface area contributed by atoms with E-state index >= 15 is 0 Å². The lowest BCUT2D eigenvalue weighted by Gasteiger charge is -2.20. The molecule has 0 rings (SSSR count). The van der Waals surface area contributed by atoms with Crippen molar-refractivity contribution in [3.05, 3.63) is 24.3 Å². The van der Waals surface area contributed by atoms with Crippen LogP contribution in [0.25, 0.3) is 0 Å². The average Bonchev–Trinajstić information content (AvgIpc) is 3.14. The van der Waals surface area contributed by atoms with E-state index in [-0.39, 0.29) is 19.4 Å². The number of allylic oxidation sites excluding steroid dienone is 4. The van der Waals surface area contributed by atoms with Crippen LogP contribution in [0.2, 0.25) is 0 Å². The van der Waals surface area contributed by atoms with Gasteiger partial charge in [0.1, 0.15) is 12.7 Å². The van der Waals surface area contributed by atoms with Crippen molar-refractivity contribution in [1.82, 2.24) is 0 Å². The van der Waals surface area contributed by atoms with E-state index in [1.165, 1.54) is 89.9 Å². The second-order valence-electron chi connectivity index (χ2n) is 14.4. The molecule has 0 amide bonds. The maximum atomic E-state index is 12.6. The molecule has 0 heterocycles. The molecule has 0 bridgehead atoms. The number of rotatable bonds is 40. The van der Waals surface area contributed by atoms with Gasteiger partial charge in [-0.3, -0.25) is 18.6 Å². The Balaban J connectivity index is 4.30. The van der Waals surface area contributed by atoms with Gasteiger partial charge < -0.3 is 24.6 Å². The van der Waals surface area contributed by atoms with E-state index in [4.69, 9.17) is 19.1 Å². The summed E-state index contributed by atoms with van der Waals surface area (Å²) in [6, 6.07) is 0. The second kappa shape index (κ2) is 38.7. The molecule has 0 aromatic heterocycles. The first-order valence-electron chi connectivity index (χ1n) is 21.3. The van der Waals surface area contributed by atoms with E-state index in [1.807, 2.05) is 0 Å². The minimum Gasteiger partial charge on any atom is -0.462 e. The molecule has 3 atom stereocenters. The summed E-state index contributed by atoms with van der Waals surface area (Å²) >= 11 is 0. The number of unbranched alkanes of at least 4 members (excludes halogenated alkanes) is 22. The second-order valence-corrected chi connectivity index (χ2v) is 15.8. The van der Waals surface area contributed by atoms with E-state index in [1.54, 1.807) is 0 Å². The fourth-order valence-electron chi connectivity index (χ4n) is 5.77. The predicted molar refractivity (Wildman–Crippen MR) is 215 cm³/mol. The Labute approximate surface area is 323 Å². The molecule has 0 saturated heterocycles. The third-order valence-electron chi connectivity index (χ3n) is 9.11. The molecular formula is C42H79O10P. The molecule has 0 aliphatic heterocycles. The normalized spacial score (nSPS) is 14.1. The van der Waals surface area contributed by atoms with Gasteiger partial charge in [0.2, 0.25) is 0 Å². The number of carbonyl (C=O) groups is 2. The Morgan fingerprint density at radius 2 is 1.00 bits per heavy atom. The molecule has 1 unspecified atom stereocenters. The van der Waals surface area contributed by atoms with Crippen LogP contribution in [0.15, 0.2) is 24.3 Å². The first kappa shape index (κ1) is 51.5. The molecule has 53 heavy (non-hydrogen) atoms. The molecule has 11 heteroatoms. The van der Waals surface area contributed by atoms with Crippen LogP contribution < -0.4 is 0 Å². The quantitative estimate of drug-likeness (QED) is 0.0238. The van der Waals surface area contributed by atoms with Crippen LogP contribution in [0.1, 0.15) is 194 Å². The smallest absolute Gasteiger partial charge is 0.462 e. The zero-order valence-electron chi connectivity index (χ0n) is 33.7. The maximum Gasteiger partial charge on any atom is 0.472 e.